The van der Waals surface area contributed by atoms with Gasteiger partial charge >= 0.3 is 204 Å². The summed E-state index contributed by atoms with van der Waals surface area (Å²) in [6, 6.07) is 9.48. The molecule has 0 aliphatic carbocycles. The van der Waals surface area contributed by atoms with Gasteiger partial charge < -0.3 is 0 Å². The predicted molar refractivity (Wildman–Crippen MR) is 351 cm³/mol. The Hall–Kier alpha value is 4.76. The standard InChI is InChI=1S/C37H36Cl9N10O2.18ClH.3Sb/c1-19-47-31(53(50(19)4)34-25(41)13-22(38)14-26(34)42)7-10-37(56(57)58,11-8-32-48-20(2)51(5)54(32)35-27(43)15-23(39)16-28(35)44)12-9-33-49-21(3)52(6)55(33)36-29(45)17-24(40)18-30(36)46;;;;;;;;;;;;;;;;;;;;;/h13-18H,7-12H2,1-6H3;18*1H;;;/q+3;;;;;;;;;;;;;;;;;;;3*+5/p-18. The Morgan fingerprint density at radius 1 is 0.418 bits per heavy atom. The van der Waals surface area contributed by atoms with Gasteiger partial charge in [-0.25, -0.2) is 0 Å². The summed E-state index contributed by atoms with van der Waals surface area (Å²) in [6.07, 6.45) is 0.601. The van der Waals surface area contributed by atoms with Crippen LogP contribution in [0.5, 0.6) is 0 Å². The molecule has 3 heterocycles. The summed E-state index contributed by atoms with van der Waals surface area (Å²) >= 11 is 59.0. The molecule has 79 heavy (non-hydrogen) atoms. The first kappa shape index (κ1) is 78.0. The molecule has 0 amide bonds. The Kier molecular flexibility index (Phi) is 25.7. The maximum absolute atomic E-state index is 13.7. The van der Waals surface area contributed by atoms with E-state index in [0.717, 1.165) is 0 Å². The van der Waals surface area contributed by atoms with Crippen molar-refractivity contribution >= 4 is 291 Å². The predicted octanol–water partition coefficient (Wildman–Crippen LogP) is 21.0. The molecule has 42 heteroatoms. The van der Waals surface area contributed by atoms with E-state index in [1.807, 2.05) is 20.8 Å². The van der Waals surface area contributed by atoms with Crippen molar-refractivity contribution in [3.05, 3.63) is 127 Å². The average Bonchev–Trinajstić information content (AvgIpc) is 3.73. The van der Waals surface area contributed by atoms with Crippen molar-refractivity contribution in [3.8, 4) is 17.1 Å². The van der Waals surface area contributed by atoms with Crippen molar-refractivity contribution in [1.82, 2.24) is 29.0 Å². The molecule has 3 aromatic carbocycles. The van der Waals surface area contributed by atoms with Crippen molar-refractivity contribution < 1.29 is 19.0 Å². The number of hydrogen-bond acceptors (Lipinski definition) is 5. The van der Waals surface area contributed by atoms with Gasteiger partial charge in [-0.2, -0.15) is 14.0 Å². The Labute approximate surface area is 558 Å². The molecule has 12 nitrogen and oxygen atoms in total. The zero-order valence-corrected chi connectivity index (χ0v) is 68.1. The van der Waals surface area contributed by atoms with Crippen LogP contribution >= 0.6 is 263 Å². The zero-order valence-electron chi connectivity index (χ0n) is 40.0. The summed E-state index contributed by atoms with van der Waals surface area (Å²) in [4.78, 5) is 28.0. The van der Waals surface area contributed by atoms with E-state index >= 15 is 0 Å². The molecule has 0 radical (unpaired) electrons. The van der Waals surface area contributed by atoms with E-state index in [0.29, 0.717) is 67.1 Å². The van der Waals surface area contributed by atoms with Crippen LogP contribution in [0.25, 0.3) is 17.1 Å². The molecule has 0 aliphatic rings. The van der Waals surface area contributed by atoms with Crippen molar-refractivity contribution in [1.29, 1.82) is 0 Å². The second kappa shape index (κ2) is 26.0. The summed E-state index contributed by atoms with van der Waals surface area (Å²) in [6.45, 7) is 5.47. The van der Waals surface area contributed by atoms with Crippen LogP contribution in [0, 0.1) is 30.9 Å². The number of benzene rings is 3. The van der Waals surface area contributed by atoms with E-state index in [2.05, 4.69) is 0 Å². The van der Waals surface area contributed by atoms with Gasteiger partial charge in [-0.1, -0.05) is 104 Å². The molecule has 6 aromatic rings. The van der Waals surface area contributed by atoms with Crippen LogP contribution in [-0.4, -0.2) is 66.9 Å². The molecule has 0 saturated carbocycles. The summed E-state index contributed by atoms with van der Waals surface area (Å²) in [5.74, 6) is 3.41. The number of aryl methyl sites for hydroxylation is 6. The minimum atomic E-state index is -5.42. The van der Waals surface area contributed by atoms with E-state index in [1.165, 1.54) is 0 Å². The normalized spacial score (nSPS) is 14.9. The fraction of sp³-hybridized carbons (Fsp3) is 0.351. The molecule has 0 aliphatic heterocycles. The van der Waals surface area contributed by atoms with Crippen LogP contribution in [0.15, 0.2) is 36.4 Å². The van der Waals surface area contributed by atoms with Crippen molar-refractivity contribution in [2.24, 2.45) is 21.1 Å². The molecule has 0 unspecified atom stereocenters. The first-order chi connectivity index (χ1) is 34.6. The van der Waals surface area contributed by atoms with Gasteiger partial charge in [-0.15, -0.1) is 14.0 Å². The number of nitro groups is 1. The maximum atomic E-state index is 13.7. The Morgan fingerprint density at radius 2 is 0.582 bits per heavy atom. The van der Waals surface area contributed by atoms with Gasteiger partial charge in [0.05, 0.1) is 30.1 Å². The molecule has 0 bridgehead atoms. The second-order valence-electron chi connectivity index (χ2n) is 16.7. The van der Waals surface area contributed by atoms with Gasteiger partial charge in [0.25, 0.3) is 17.5 Å². The molecule has 0 N–H and O–H groups in total. The van der Waals surface area contributed by atoms with E-state index in [1.54, 1.807) is 85.6 Å². The van der Waals surface area contributed by atoms with E-state index in [4.69, 9.17) is 278 Å². The van der Waals surface area contributed by atoms with E-state index < -0.39 is 33.0 Å². The number of hydrogen-bond donors (Lipinski definition) is 0. The van der Waals surface area contributed by atoms with Gasteiger partial charge in [-0.05, 0) is 51.4 Å². The van der Waals surface area contributed by atoms with Crippen LogP contribution in [0.1, 0.15) is 54.2 Å². The second-order valence-corrected chi connectivity index (χ2v) is 191. The SMILES string of the molecule is Cc1nc(CCC(CCc2nc(C)[n+](C)n2-c2c(Cl)cc(Cl)cc2Cl)(CCc2nc(C)[n+](C)n2-c2c(Cl)cc(Cl)cc2Cl)[N+](=O)[O-])n(-c2c(Cl)cc(Cl)cc2Cl)[n+]1C.[Cl][Sb-]([Cl])([Cl])([Cl])([Cl])[Cl].[Cl][Sb-]([Cl])([Cl])([Cl])([Cl])[Cl].[Cl][Sb-]([Cl])([Cl])([Cl])([Cl])[Cl]. The zero-order chi connectivity index (χ0) is 61.8. The van der Waals surface area contributed by atoms with Crippen molar-refractivity contribution in [2.75, 3.05) is 0 Å². The van der Waals surface area contributed by atoms with E-state index in [-0.39, 0.29) is 73.6 Å². The number of halogens is 27. The van der Waals surface area contributed by atoms with Crippen LogP contribution < -0.4 is 14.0 Å². The third kappa shape index (κ3) is 28.9. The minimum absolute atomic E-state index is 0.0435. The quantitative estimate of drug-likeness (QED) is 0.0495. The van der Waals surface area contributed by atoms with Crippen LogP contribution in [0.2, 0.25) is 45.2 Å². The first-order valence-electron chi connectivity index (χ1n) is 20.7. The van der Waals surface area contributed by atoms with Crippen molar-refractivity contribution in [2.45, 2.75) is 64.8 Å². The Morgan fingerprint density at radius 3 is 0.734 bits per heavy atom. The monoisotopic (exact) mass is 1960 g/mol. The molecule has 6 rings (SSSR count). The van der Waals surface area contributed by atoms with Gasteiger partial charge in [-0.3, -0.25) is 10.1 Å². The number of aromatic nitrogens is 9. The molecule has 0 saturated heterocycles. The molecule has 0 fully saturated rings. The van der Waals surface area contributed by atoms with Crippen LogP contribution in [0.3, 0.4) is 0 Å². The number of nitrogens with zero attached hydrogens (tertiary/aromatic N) is 10. The number of rotatable bonds is 13. The molecule has 0 spiro atoms. The van der Waals surface area contributed by atoms with Crippen LogP contribution in [0.4, 0.5) is 0 Å². The summed E-state index contributed by atoms with van der Waals surface area (Å²) in [7, 11) is 80.3. The molecule has 3 aromatic heterocycles. The topological polar surface area (TPSA) is 108 Å². The Balaban J connectivity index is 0.000000658. The van der Waals surface area contributed by atoms with Gasteiger partial charge in [0.15, 0.2) is 0 Å². The molecular weight excluding hydrogens is 1940 g/mol. The fourth-order valence-corrected chi connectivity index (χ4v) is 10.0. The molecule has 450 valence electrons. The van der Waals surface area contributed by atoms with Gasteiger partial charge in [0, 0.05) is 79.3 Å². The summed E-state index contributed by atoms with van der Waals surface area (Å²) in [5.41, 5.74) is -0.243. The van der Waals surface area contributed by atoms with Gasteiger partial charge in [0.1, 0.15) is 38.2 Å². The fourth-order valence-electron chi connectivity index (χ4n) is 7.09. The third-order valence-electron chi connectivity index (χ3n) is 10.3. The van der Waals surface area contributed by atoms with Gasteiger partial charge in [0.2, 0.25) is 5.54 Å². The Bertz CT molecular complexity index is 2890. The summed E-state index contributed by atoms with van der Waals surface area (Å²) in [5, 5.41) is 16.6. The van der Waals surface area contributed by atoms with Crippen molar-refractivity contribution in [3.63, 3.8) is 0 Å². The molecule has 0 atom stereocenters. The third-order valence-corrected chi connectivity index (χ3v) is 12.7. The average molecular weight is 1980 g/mol. The first-order valence-corrected chi connectivity index (χ1v) is 82.3. The molecular formula is C37H36Cl27N10O2Sb3. The van der Waals surface area contributed by atoms with E-state index in [9.17, 15) is 10.1 Å². The van der Waals surface area contributed by atoms with Crippen LogP contribution in [-0.2, 0) is 40.4 Å². The summed E-state index contributed by atoms with van der Waals surface area (Å²) < 4.78 is 10.6.